The number of rotatable bonds is 5. The van der Waals surface area contributed by atoms with E-state index in [-0.39, 0.29) is 27.7 Å². The van der Waals surface area contributed by atoms with E-state index in [0.717, 1.165) is 12.8 Å². The second-order valence-electron chi connectivity index (χ2n) is 8.05. The van der Waals surface area contributed by atoms with Crippen molar-refractivity contribution in [1.29, 1.82) is 0 Å². The first-order valence-corrected chi connectivity index (χ1v) is 12.1. The molecule has 0 nitrogen and oxygen atoms in total. The summed E-state index contributed by atoms with van der Waals surface area (Å²) < 4.78 is 0. The Morgan fingerprint density at radius 3 is 1.78 bits per heavy atom. The van der Waals surface area contributed by atoms with Gasteiger partial charge in [0.1, 0.15) is 0 Å². The summed E-state index contributed by atoms with van der Waals surface area (Å²) in [7, 11) is 0. The average molecular weight is 491 g/mol. The Kier molecular flexibility index (Phi) is 14.4. The Morgan fingerprint density at radius 1 is 0.622 bits per heavy atom. The number of benzene rings is 4. The zero-order chi connectivity index (χ0) is 24.4. The average Bonchev–Trinajstić information content (AvgIpc) is 3.22. The van der Waals surface area contributed by atoms with Crippen molar-refractivity contribution in [3.63, 3.8) is 0 Å². The van der Waals surface area contributed by atoms with Crippen LogP contribution in [0.5, 0.6) is 0 Å². The molecule has 0 spiro atoms. The molecule has 0 radical (unpaired) electrons. The van der Waals surface area contributed by atoms with Crippen LogP contribution in [-0.4, -0.2) is 0 Å². The molecule has 0 saturated carbocycles. The van der Waals surface area contributed by atoms with Gasteiger partial charge in [-0.15, -0.1) is 12.8 Å². The Bertz CT molecular complexity index is 1230. The van der Waals surface area contributed by atoms with E-state index in [4.69, 9.17) is 0 Å². The molecule has 0 heteroatoms. The van der Waals surface area contributed by atoms with Crippen LogP contribution in [0.1, 0.15) is 72.6 Å². The number of hydrogen-bond acceptors (Lipinski definition) is 0. The van der Waals surface area contributed by atoms with Crippen molar-refractivity contribution in [2.75, 3.05) is 0 Å². The minimum Gasteiger partial charge on any atom is -0.124 e. The first-order valence-electron chi connectivity index (χ1n) is 12.1. The summed E-state index contributed by atoms with van der Waals surface area (Å²) in [5, 5.41) is 0. The maximum atomic E-state index is 4.00. The van der Waals surface area contributed by atoms with E-state index >= 15 is 0 Å². The highest BCUT2D eigenvalue weighted by molar-refractivity contribution is 5.85. The SMILES string of the molecule is C.C.C.C#C.C/C=C\CCC1(c2ccccc2)c2ccccc2-c2ccc(-c3ccccc3)cc21.CC. The molecule has 1 aliphatic carbocycles. The molecule has 1 aliphatic rings. The Hall–Kier alpha value is -3.82. The van der Waals surface area contributed by atoms with Gasteiger partial charge in [0.15, 0.2) is 0 Å². The van der Waals surface area contributed by atoms with Crippen molar-refractivity contribution in [2.45, 2.75) is 61.3 Å². The van der Waals surface area contributed by atoms with Crippen LogP contribution in [-0.2, 0) is 5.41 Å². The fraction of sp³-hybridized carbons (Fsp3) is 0.243. The zero-order valence-corrected chi connectivity index (χ0v) is 20.5. The molecule has 4 aromatic rings. The fourth-order valence-electron chi connectivity index (χ4n) is 5.09. The second kappa shape index (κ2) is 16.0. The van der Waals surface area contributed by atoms with Gasteiger partial charge in [-0.2, -0.15) is 0 Å². The summed E-state index contributed by atoms with van der Waals surface area (Å²) >= 11 is 0. The van der Waals surface area contributed by atoms with Crippen LogP contribution in [0, 0.1) is 12.8 Å². The van der Waals surface area contributed by atoms with E-state index in [0.29, 0.717) is 0 Å². The summed E-state index contributed by atoms with van der Waals surface area (Å²) in [6.07, 6.45) is 14.6. The molecule has 37 heavy (non-hydrogen) atoms. The third-order valence-electron chi connectivity index (χ3n) is 6.45. The first kappa shape index (κ1) is 33.2. The minimum absolute atomic E-state index is 0. The molecule has 0 saturated heterocycles. The molecular formula is C37H46. The van der Waals surface area contributed by atoms with Crippen molar-refractivity contribution < 1.29 is 0 Å². The summed E-state index contributed by atoms with van der Waals surface area (Å²) in [5.41, 5.74) is 9.41. The largest absolute Gasteiger partial charge is 0.124 e. The van der Waals surface area contributed by atoms with Gasteiger partial charge in [0.2, 0.25) is 0 Å². The van der Waals surface area contributed by atoms with Gasteiger partial charge in [-0.25, -0.2) is 0 Å². The van der Waals surface area contributed by atoms with Crippen LogP contribution >= 0.6 is 0 Å². The highest BCUT2D eigenvalue weighted by Gasteiger charge is 2.43. The van der Waals surface area contributed by atoms with Crippen molar-refractivity contribution in [2.24, 2.45) is 0 Å². The Morgan fingerprint density at radius 2 is 1.16 bits per heavy atom. The quantitative estimate of drug-likeness (QED) is 0.193. The summed E-state index contributed by atoms with van der Waals surface area (Å²) in [4.78, 5) is 0. The van der Waals surface area contributed by atoms with E-state index in [1.807, 2.05) is 13.8 Å². The van der Waals surface area contributed by atoms with Gasteiger partial charge in [-0.05, 0) is 64.8 Å². The smallest absolute Gasteiger partial charge is 0.0466 e. The van der Waals surface area contributed by atoms with Gasteiger partial charge in [-0.3, -0.25) is 0 Å². The van der Waals surface area contributed by atoms with E-state index in [1.54, 1.807) is 0 Å². The first-order chi connectivity index (χ1) is 16.8. The highest BCUT2D eigenvalue weighted by atomic mass is 14.5. The Labute approximate surface area is 228 Å². The molecule has 0 aromatic heterocycles. The molecule has 0 fully saturated rings. The fourth-order valence-corrected chi connectivity index (χ4v) is 5.09. The lowest BCUT2D eigenvalue weighted by Crippen LogP contribution is -2.26. The summed E-state index contributed by atoms with van der Waals surface area (Å²) in [5.74, 6) is 0. The predicted molar refractivity (Wildman–Crippen MR) is 169 cm³/mol. The third kappa shape index (κ3) is 6.31. The summed E-state index contributed by atoms with van der Waals surface area (Å²) in [6, 6.07) is 37.8. The molecule has 1 unspecified atom stereocenters. The monoisotopic (exact) mass is 490 g/mol. The standard InChI is InChI=1S/C30H26.C2H6.C2H2.3CH4/c1-2-3-12-21-30(25-15-8-5-9-16-25)28-18-11-10-17-26(28)27-20-19-24(22-29(27)30)23-13-6-4-7-14-23;2*1-2;;;/h2-11,13-20,22H,12,21H2,1H3;1-2H3;1-2H;3*1H4/b3-2-;;;;;. The molecule has 0 heterocycles. The normalized spacial score (nSPS) is 14.1. The molecule has 194 valence electrons. The maximum Gasteiger partial charge on any atom is 0.0466 e. The van der Waals surface area contributed by atoms with Crippen molar-refractivity contribution in [1.82, 2.24) is 0 Å². The maximum absolute atomic E-state index is 4.00. The van der Waals surface area contributed by atoms with Crippen LogP contribution in [0.3, 0.4) is 0 Å². The highest BCUT2D eigenvalue weighted by Crippen LogP contribution is 2.55. The molecule has 0 amide bonds. The molecular weight excluding hydrogens is 444 g/mol. The molecule has 4 aromatic carbocycles. The van der Waals surface area contributed by atoms with Gasteiger partial charge >= 0.3 is 0 Å². The molecule has 5 rings (SSSR count). The van der Waals surface area contributed by atoms with Gasteiger partial charge in [0.25, 0.3) is 0 Å². The molecule has 0 N–H and O–H groups in total. The van der Waals surface area contributed by atoms with E-state index in [2.05, 4.69) is 135 Å². The van der Waals surface area contributed by atoms with E-state index in [9.17, 15) is 0 Å². The second-order valence-corrected chi connectivity index (χ2v) is 8.05. The van der Waals surface area contributed by atoms with Crippen molar-refractivity contribution >= 4 is 0 Å². The number of allylic oxidation sites excluding steroid dienone is 2. The number of hydrogen-bond donors (Lipinski definition) is 0. The van der Waals surface area contributed by atoms with Gasteiger partial charge in [0, 0.05) is 5.41 Å². The lowest BCUT2D eigenvalue weighted by molar-refractivity contribution is 0.579. The van der Waals surface area contributed by atoms with Crippen LogP contribution in [0.2, 0.25) is 0 Å². The van der Waals surface area contributed by atoms with Crippen LogP contribution in [0.25, 0.3) is 22.3 Å². The van der Waals surface area contributed by atoms with Gasteiger partial charge in [0.05, 0.1) is 0 Å². The van der Waals surface area contributed by atoms with E-state index < -0.39 is 0 Å². The molecule has 1 atom stereocenters. The zero-order valence-electron chi connectivity index (χ0n) is 20.5. The predicted octanol–water partition coefficient (Wildman–Crippen LogP) is 11.2. The summed E-state index contributed by atoms with van der Waals surface area (Å²) in [6.45, 7) is 6.11. The number of terminal acetylenes is 1. The van der Waals surface area contributed by atoms with Crippen molar-refractivity contribution in [3.05, 3.63) is 132 Å². The van der Waals surface area contributed by atoms with Crippen LogP contribution < -0.4 is 0 Å². The topological polar surface area (TPSA) is 0 Å². The van der Waals surface area contributed by atoms with Gasteiger partial charge < -0.3 is 0 Å². The van der Waals surface area contributed by atoms with Crippen molar-refractivity contribution in [3.8, 4) is 35.1 Å². The lowest BCUT2D eigenvalue weighted by atomic mass is 9.69. The lowest BCUT2D eigenvalue weighted by Gasteiger charge is -2.33. The third-order valence-corrected chi connectivity index (χ3v) is 6.45. The van der Waals surface area contributed by atoms with E-state index in [1.165, 1.54) is 38.9 Å². The number of fused-ring (bicyclic) bond motifs is 3. The molecule has 0 aliphatic heterocycles. The minimum atomic E-state index is -0.127. The Balaban J connectivity index is 0.00000177. The van der Waals surface area contributed by atoms with Gasteiger partial charge in [-0.1, -0.05) is 145 Å². The van der Waals surface area contributed by atoms with Crippen LogP contribution in [0.15, 0.2) is 115 Å². The van der Waals surface area contributed by atoms with Crippen LogP contribution in [0.4, 0.5) is 0 Å². The molecule has 0 bridgehead atoms.